The summed E-state index contributed by atoms with van der Waals surface area (Å²) in [5.74, 6) is -4.06. The number of fused-ring (bicyclic) bond motifs is 1. The van der Waals surface area contributed by atoms with Crippen LogP contribution in [0.2, 0.25) is 0 Å². The van der Waals surface area contributed by atoms with Gasteiger partial charge < -0.3 is 98.9 Å². The van der Waals surface area contributed by atoms with Crippen LogP contribution in [0.1, 0.15) is 13.8 Å². The molecule has 21 heteroatoms. The fraction of sp³-hybridized carbons (Fsp3) is 0.559. The first kappa shape index (κ1) is 40.6. The van der Waals surface area contributed by atoms with Gasteiger partial charge in [0.25, 0.3) is 0 Å². The third-order valence-corrected chi connectivity index (χ3v) is 9.64. The second-order valence-corrected chi connectivity index (χ2v) is 13.4. The van der Waals surface area contributed by atoms with Crippen LogP contribution in [0.15, 0.2) is 33.5 Å². The number of aliphatic hydroxyl groups is 9. The van der Waals surface area contributed by atoms with Crippen LogP contribution >= 0.6 is 0 Å². The van der Waals surface area contributed by atoms with Crippen molar-refractivity contribution in [1.82, 2.24) is 0 Å². The SMILES string of the molecule is COc1c(O)cc(-c2oc3cc(OC4OC(C)C(O)C(O)C4OC4OC(C)C(O)C(O)C4O)cc(O)c3c(=O)c2OC2OC(CO)C(O)C(O)C2O)cc1O. The van der Waals surface area contributed by atoms with Gasteiger partial charge in [-0.05, 0) is 26.0 Å². The summed E-state index contributed by atoms with van der Waals surface area (Å²) in [6.07, 6.45) is -24.5. The molecule has 0 radical (unpaired) electrons. The monoisotopic (exact) mass is 786 g/mol. The summed E-state index contributed by atoms with van der Waals surface area (Å²) in [6, 6.07) is 4.02. The van der Waals surface area contributed by atoms with E-state index in [1.54, 1.807) is 0 Å². The maximum absolute atomic E-state index is 14.1. The molecule has 0 aliphatic carbocycles. The summed E-state index contributed by atoms with van der Waals surface area (Å²) < 4.78 is 44.9. The van der Waals surface area contributed by atoms with Crippen LogP contribution in [0.4, 0.5) is 0 Å². The van der Waals surface area contributed by atoms with Crippen molar-refractivity contribution in [3.05, 3.63) is 34.5 Å². The molecular formula is C34H42O21. The van der Waals surface area contributed by atoms with E-state index < -0.39 is 144 Å². The molecule has 21 nitrogen and oxygen atoms in total. The third-order valence-electron chi connectivity index (χ3n) is 9.64. The molecule has 3 fully saturated rings. The predicted octanol–water partition coefficient (Wildman–Crippen LogP) is -3.18. The van der Waals surface area contributed by atoms with E-state index in [1.165, 1.54) is 13.8 Å². The molecule has 0 spiro atoms. The standard InChI is InChI=1S/C34H42O21/c1-9-19(39)23(43)26(46)32(49-9)55-31-25(45)20(40)10(2)50-34(31)51-12-6-13(36)18-16(7-12)52-28(11-4-14(37)29(48-3)15(38)5-11)30(22(18)42)54-33-27(47)24(44)21(41)17(8-35)53-33/h4-7,9-10,17,19-21,23-27,31-41,43-47H,8H2,1-3H3. The predicted molar refractivity (Wildman–Crippen MR) is 178 cm³/mol. The van der Waals surface area contributed by atoms with Gasteiger partial charge in [0.05, 0.1) is 25.9 Å². The van der Waals surface area contributed by atoms with Crippen LogP contribution < -0.4 is 19.6 Å². The third kappa shape index (κ3) is 7.47. The molecule has 55 heavy (non-hydrogen) atoms. The average Bonchev–Trinajstić information content (AvgIpc) is 3.14. The number of ether oxygens (including phenoxy) is 7. The van der Waals surface area contributed by atoms with Gasteiger partial charge in [-0.15, -0.1) is 0 Å². The van der Waals surface area contributed by atoms with E-state index in [9.17, 15) is 66.1 Å². The molecule has 0 amide bonds. The van der Waals surface area contributed by atoms with Gasteiger partial charge in [-0.25, -0.2) is 0 Å². The lowest BCUT2D eigenvalue weighted by Gasteiger charge is -2.45. The van der Waals surface area contributed by atoms with Crippen molar-refractivity contribution in [1.29, 1.82) is 0 Å². The summed E-state index contributed by atoms with van der Waals surface area (Å²) in [5, 5.41) is 125. The summed E-state index contributed by atoms with van der Waals surface area (Å²) in [5.41, 5.74) is -1.79. The molecule has 3 aliphatic rings. The highest BCUT2D eigenvalue weighted by molar-refractivity contribution is 5.88. The number of aromatic hydroxyl groups is 3. The summed E-state index contributed by atoms with van der Waals surface area (Å²) >= 11 is 0. The maximum atomic E-state index is 14.1. The van der Waals surface area contributed by atoms with Crippen LogP contribution in [0.3, 0.4) is 0 Å². The number of methoxy groups -OCH3 is 1. The molecule has 15 unspecified atom stereocenters. The molecule has 3 aromatic rings. The van der Waals surface area contributed by atoms with E-state index in [-0.39, 0.29) is 17.1 Å². The molecule has 6 rings (SSSR count). The summed E-state index contributed by atoms with van der Waals surface area (Å²) in [6.45, 7) is 1.95. The van der Waals surface area contributed by atoms with E-state index >= 15 is 0 Å². The molecule has 3 aliphatic heterocycles. The van der Waals surface area contributed by atoms with Crippen LogP contribution in [-0.2, 0) is 18.9 Å². The lowest BCUT2D eigenvalue weighted by Crippen LogP contribution is -2.63. The molecule has 12 N–H and O–H groups in total. The van der Waals surface area contributed by atoms with Crippen molar-refractivity contribution in [3.8, 4) is 45.8 Å². The topological polar surface area (TPSA) is 338 Å². The fourth-order valence-electron chi connectivity index (χ4n) is 6.50. The van der Waals surface area contributed by atoms with Crippen molar-refractivity contribution in [2.45, 2.75) is 106 Å². The summed E-state index contributed by atoms with van der Waals surface area (Å²) in [7, 11) is 1.16. The normalized spacial score (nSPS) is 36.8. The number of phenolic OH excluding ortho intramolecular Hbond substituents is 3. The number of phenols is 3. The van der Waals surface area contributed by atoms with Gasteiger partial charge in [0.1, 0.15) is 77.4 Å². The molecular weight excluding hydrogens is 744 g/mol. The first-order valence-electron chi connectivity index (χ1n) is 16.9. The Labute approximate surface area is 309 Å². The fourth-order valence-corrected chi connectivity index (χ4v) is 6.50. The first-order valence-corrected chi connectivity index (χ1v) is 16.9. The van der Waals surface area contributed by atoms with Gasteiger partial charge in [-0.1, -0.05) is 0 Å². The molecule has 2 aromatic carbocycles. The average molecular weight is 787 g/mol. The van der Waals surface area contributed by atoms with Crippen molar-refractivity contribution in [2.75, 3.05) is 13.7 Å². The lowest BCUT2D eigenvalue weighted by molar-refractivity contribution is -0.352. The van der Waals surface area contributed by atoms with Gasteiger partial charge in [0, 0.05) is 17.7 Å². The zero-order valence-corrected chi connectivity index (χ0v) is 29.2. The zero-order chi connectivity index (χ0) is 40.2. The minimum absolute atomic E-state index is 0.234. The lowest BCUT2D eigenvalue weighted by atomic mass is 9.98. The Hall–Kier alpha value is -4.07. The van der Waals surface area contributed by atoms with Gasteiger partial charge >= 0.3 is 0 Å². The highest BCUT2D eigenvalue weighted by Gasteiger charge is 2.50. The van der Waals surface area contributed by atoms with Crippen LogP contribution in [0.5, 0.6) is 34.5 Å². The molecule has 4 heterocycles. The van der Waals surface area contributed by atoms with E-state index in [1.807, 2.05) is 0 Å². The number of hydrogen-bond acceptors (Lipinski definition) is 21. The second kappa shape index (κ2) is 15.8. The van der Waals surface area contributed by atoms with E-state index in [2.05, 4.69) is 0 Å². The van der Waals surface area contributed by atoms with Crippen molar-refractivity contribution in [3.63, 3.8) is 0 Å². The Morgan fingerprint density at radius 3 is 1.84 bits per heavy atom. The van der Waals surface area contributed by atoms with Gasteiger partial charge in [0.2, 0.25) is 29.5 Å². The number of rotatable bonds is 9. The molecule has 0 bridgehead atoms. The van der Waals surface area contributed by atoms with Crippen molar-refractivity contribution < 1.29 is 98.9 Å². The zero-order valence-electron chi connectivity index (χ0n) is 29.2. The van der Waals surface area contributed by atoms with Gasteiger partial charge in [0.15, 0.2) is 29.7 Å². The van der Waals surface area contributed by atoms with Crippen LogP contribution in [0, 0.1) is 0 Å². The van der Waals surface area contributed by atoms with E-state index in [0.717, 1.165) is 31.4 Å². The highest BCUT2D eigenvalue weighted by atomic mass is 16.8. The van der Waals surface area contributed by atoms with Crippen LogP contribution in [-0.4, -0.2) is 167 Å². The minimum atomic E-state index is -2.00. The molecule has 1 aromatic heterocycles. The van der Waals surface area contributed by atoms with E-state index in [0.29, 0.717) is 0 Å². The van der Waals surface area contributed by atoms with Crippen molar-refractivity contribution >= 4 is 11.0 Å². The molecule has 304 valence electrons. The minimum Gasteiger partial charge on any atom is -0.507 e. The number of hydrogen-bond donors (Lipinski definition) is 12. The largest absolute Gasteiger partial charge is 0.507 e. The summed E-state index contributed by atoms with van der Waals surface area (Å²) in [4.78, 5) is 14.1. The van der Waals surface area contributed by atoms with Gasteiger partial charge in [-0.3, -0.25) is 4.79 Å². The second-order valence-electron chi connectivity index (χ2n) is 13.4. The Bertz CT molecular complexity index is 1880. The Balaban J connectivity index is 1.42. The smallest absolute Gasteiger partial charge is 0.239 e. The Kier molecular flexibility index (Phi) is 11.7. The molecule has 0 saturated carbocycles. The van der Waals surface area contributed by atoms with Crippen LogP contribution in [0.25, 0.3) is 22.3 Å². The molecule has 15 atom stereocenters. The van der Waals surface area contributed by atoms with Gasteiger partial charge in [-0.2, -0.15) is 0 Å². The first-order chi connectivity index (χ1) is 26.0. The highest BCUT2D eigenvalue weighted by Crippen LogP contribution is 2.44. The Morgan fingerprint density at radius 1 is 0.636 bits per heavy atom. The van der Waals surface area contributed by atoms with Crippen molar-refractivity contribution in [2.24, 2.45) is 0 Å². The quantitative estimate of drug-likeness (QED) is 0.102. The maximum Gasteiger partial charge on any atom is 0.239 e. The number of aliphatic hydroxyl groups excluding tert-OH is 9. The Morgan fingerprint density at radius 2 is 1.22 bits per heavy atom. The van der Waals surface area contributed by atoms with E-state index in [4.69, 9.17) is 37.6 Å². The molecule has 3 saturated heterocycles. The number of benzene rings is 2.